The van der Waals surface area contributed by atoms with E-state index in [1.165, 1.54) is 25.3 Å². The van der Waals surface area contributed by atoms with E-state index in [1.807, 2.05) is 18.2 Å². The normalized spacial score (nSPS) is 18.8. The Morgan fingerprint density at radius 2 is 1.96 bits per heavy atom. The summed E-state index contributed by atoms with van der Waals surface area (Å²) in [5.41, 5.74) is -0.203. The van der Waals surface area contributed by atoms with Gasteiger partial charge in [0.2, 0.25) is 5.91 Å². The van der Waals surface area contributed by atoms with Gasteiger partial charge in [-0.2, -0.15) is 0 Å². The topological polar surface area (TPSA) is 87.7 Å². The lowest BCUT2D eigenvalue weighted by atomic mass is 9.92. The number of ether oxygens (including phenoxy) is 1. The van der Waals surface area contributed by atoms with Gasteiger partial charge in [-0.1, -0.05) is 24.3 Å². The van der Waals surface area contributed by atoms with Crippen LogP contribution in [0.15, 0.2) is 48.5 Å². The Morgan fingerprint density at radius 3 is 2.68 bits per heavy atom. The molecular weight excluding hydrogens is 365 g/mol. The molecule has 2 aromatic carbocycles. The second-order valence-electron chi connectivity index (χ2n) is 6.70. The first-order valence-electron chi connectivity index (χ1n) is 8.64. The third-order valence-corrected chi connectivity index (χ3v) is 4.49. The van der Waals surface area contributed by atoms with Crippen molar-refractivity contribution in [3.8, 4) is 5.75 Å². The SMILES string of the molecule is COc1ccccc1C[C@]1(C)NC(=O)N(CC(=O)Nc2cccc(F)c2)C1=O. The van der Waals surface area contributed by atoms with Crippen molar-refractivity contribution in [1.29, 1.82) is 0 Å². The van der Waals surface area contributed by atoms with Crippen LogP contribution in [-0.2, 0) is 16.0 Å². The van der Waals surface area contributed by atoms with Gasteiger partial charge in [-0.15, -0.1) is 0 Å². The zero-order chi connectivity index (χ0) is 20.3. The number of carbonyl (C=O) groups excluding carboxylic acids is 3. The first-order valence-corrected chi connectivity index (χ1v) is 8.64. The first-order chi connectivity index (χ1) is 13.3. The predicted molar refractivity (Wildman–Crippen MR) is 100 cm³/mol. The van der Waals surface area contributed by atoms with Crippen molar-refractivity contribution < 1.29 is 23.5 Å². The van der Waals surface area contributed by atoms with E-state index >= 15 is 0 Å². The van der Waals surface area contributed by atoms with Crippen molar-refractivity contribution in [2.45, 2.75) is 18.9 Å². The lowest BCUT2D eigenvalue weighted by Gasteiger charge is -2.22. The second-order valence-corrected chi connectivity index (χ2v) is 6.70. The maximum Gasteiger partial charge on any atom is 0.325 e. The van der Waals surface area contributed by atoms with Gasteiger partial charge in [-0.3, -0.25) is 14.5 Å². The lowest BCUT2D eigenvalue weighted by molar-refractivity contribution is -0.133. The molecule has 1 saturated heterocycles. The number of para-hydroxylation sites is 1. The fourth-order valence-corrected chi connectivity index (χ4v) is 3.15. The summed E-state index contributed by atoms with van der Waals surface area (Å²) in [6, 6.07) is 11.9. The number of halogens is 1. The Morgan fingerprint density at radius 1 is 1.21 bits per heavy atom. The van der Waals surface area contributed by atoms with Gasteiger partial charge in [0.25, 0.3) is 5.91 Å². The average Bonchev–Trinajstić information content (AvgIpc) is 2.85. The highest BCUT2D eigenvalue weighted by Crippen LogP contribution is 2.27. The molecule has 4 amide bonds. The van der Waals surface area contributed by atoms with Crippen LogP contribution >= 0.6 is 0 Å². The molecular formula is C20H20FN3O4. The number of hydrogen-bond donors (Lipinski definition) is 2. The van der Waals surface area contributed by atoms with Gasteiger partial charge < -0.3 is 15.4 Å². The number of rotatable bonds is 6. The molecule has 0 spiro atoms. The van der Waals surface area contributed by atoms with E-state index < -0.39 is 35.7 Å². The summed E-state index contributed by atoms with van der Waals surface area (Å²) in [6.45, 7) is 1.13. The van der Waals surface area contributed by atoms with E-state index in [0.29, 0.717) is 5.75 Å². The van der Waals surface area contributed by atoms with E-state index in [2.05, 4.69) is 10.6 Å². The molecule has 2 aromatic rings. The first kappa shape index (κ1) is 19.3. The van der Waals surface area contributed by atoms with E-state index in [-0.39, 0.29) is 12.1 Å². The van der Waals surface area contributed by atoms with Crippen LogP contribution in [-0.4, -0.2) is 41.9 Å². The monoisotopic (exact) mass is 385 g/mol. The van der Waals surface area contributed by atoms with Gasteiger partial charge in [0.15, 0.2) is 0 Å². The Balaban J connectivity index is 1.71. The minimum atomic E-state index is -1.20. The Kier molecular flexibility index (Phi) is 5.30. The maximum atomic E-state index is 13.2. The highest BCUT2D eigenvalue weighted by Gasteiger charge is 2.48. The Bertz CT molecular complexity index is 933. The van der Waals surface area contributed by atoms with Crippen LogP contribution in [0, 0.1) is 5.82 Å². The van der Waals surface area contributed by atoms with Crippen molar-refractivity contribution in [2.24, 2.45) is 0 Å². The molecule has 28 heavy (non-hydrogen) atoms. The largest absolute Gasteiger partial charge is 0.496 e. The minimum absolute atomic E-state index is 0.212. The number of nitrogens with one attached hydrogen (secondary N) is 2. The van der Waals surface area contributed by atoms with Crippen LogP contribution in [0.2, 0.25) is 0 Å². The Labute approximate surface area is 161 Å². The summed E-state index contributed by atoms with van der Waals surface area (Å²) in [4.78, 5) is 38.2. The molecule has 2 N–H and O–H groups in total. The number of urea groups is 1. The lowest BCUT2D eigenvalue weighted by Crippen LogP contribution is -2.46. The minimum Gasteiger partial charge on any atom is -0.496 e. The highest BCUT2D eigenvalue weighted by molar-refractivity contribution is 6.10. The number of methoxy groups -OCH3 is 1. The Hall–Kier alpha value is -3.42. The fourth-order valence-electron chi connectivity index (χ4n) is 3.15. The number of carbonyl (C=O) groups is 3. The number of imide groups is 1. The van der Waals surface area contributed by atoms with Crippen molar-refractivity contribution in [3.63, 3.8) is 0 Å². The van der Waals surface area contributed by atoms with Crippen molar-refractivity contribution in [3.05, 3.63) is 59.9 Å². The van der Waals surface area contributed by atoms with Crippen molar-refractivity contribution in [2.75, 3.05) is 19.0 Å². The van der Waals surface area contributed by atoms with E-state index in [1.54, 1.807) is 13.0 Å². The molecule has 8 heteroatoms. The molecule has 7 nitrogen and oxygen atoms in total. The van der Waals surface area contributed by atoms with Gasteiger partial charge >= 0.3 is 6.03 Å². The number of amides is 4. The van der Waals surface area contributed by atoms with Gasteiger partial charge in [0, 0.05) is 12.1 Å². The summed E-state index contributed by atoms with van der Waals surface area (Å²) in [6.07, 6.45) is 0.212. The van der Waals surface area contributed by atoms with Crippen LogP contribution in [0.4, 0.5) is 14.9 Å². The molecule has 1 atom stereocenters. The molecule has 0 radical (unpaired) electrons. The van der Waals surface area contributed by atoms with Gasteiger partial charge in [-0.05, 0) is 36.8 Å². The molecule has 1 heterocycles. The summed E-state index contributed by atoms with van der Waals surface area (Å²) in [5.74, 6) is -1.02. The van der Waals surface area contributed by atoms with Crippen LogP contribution in [0.5, 0.6) is 5.75 Å². The van der Waals surface area contributed by atoms with Gasteiger partial charge in [0.05, 0.1) is 7.11 Å². The molecule has 1 aliphatic rings. The standard InChI is InChI=1S/C20H20FN3O4/c1-20(11-13-6-3-4-9-16(13)28-2)18(26)24(19(27)23-20)12-17(25)22-15-8-5-7-14(21)10-15/h3-10H,11-12H2,1-2H3,(H,22,25)(H,23,27)/t20-/m0/s1. The molecule has 1 aliphatic heterocycles. The molecule has 146 valence electrons. The summed E-state index contributed by atoms with van der Waals surface area (Å²) < 4.78 is 18.5. The third kappa shape index (κ3) is 3.95. The molecule has 1 fully saturated rings. The molecule has 3 rings (SSSR count). The summed E-state index contributed by atoms with van der Waals surface area (Å²) in [5, 5.41) is 5.12. The molecule has 0 aromatic heterocycles. The average molecular weight is 385 g/mol. The molecule has 0 aliphatic carbocycles. The highest BCUT2D eigenvalue weighted by atomic mass is 19.1. The molecule has 0 bridgehead atoms. The van der Waals surface area contributed by atoms with E-state index in [0.717, 1.165) is 16.5 Å². The number of benzene rings is 2. The summed E-state index contributed by atoms with van der Waals surface area (Å²) >= 11 is 0. The van der Waals surface area contributed by atoms with Crippen LogP contribution < -0.4 is 15.4 Å². The zero-order valence-electron chi connectivity index (χ0n) is 15.5. The quantitative estimate of drug-likeness (QED) is 0.747. The zero-order valence-corrected chi connectivity index (χ0v) is 15.5. The number of nitrogens with zero attached hydrogens (tertiary/aromatic N) is 1. The fraction of sp³-hybridized carbons (Fsp3) is 0.250. The van der Waals surface area contributed by atoms with Gasteiger partial charge in [-0.25, -0.2) is 9.18 Å². The maximum absolute atomic E-state index is 13.2. The van der Waals surface area contributed by atoms with Crippen molar-refractivity contribution in [1.82, 2.24) is 10.2 Å². The number of hydrogen-bond acceptors (Lipinski definition) is 4. The van der Waals surface area contributed by atoms with Crippen LogP contribution in [0.25, 0.3) is 0 Å². The smallest absolute Gasteiger partial charge is 0.325 e. The van der Waals surface area contributed by atoms with E-state index in [4.69, 9.17) is 4.74 Å². The van der Waals surface area contributed by atoms with Gasteiger partial charge in [0.1, 0.15) is 23.7 Å². The molecule has 0 saturated carbocycles. The predicted octanol–water partition coefficient (Wildman–Crippen LogP) is 2.33. The van der Waals surface area contributed by atoms with Crippen molar-refractivity contribution >= 4 is 23.5 Å². The number of anilines is 1. The summed E-state index contributed by atoms with van der Waals surface area (Å²) in [7, 11) is 1.53. The van der Waals surface area contributed by atoms with E-state index in [9.17, 15) is 18.8 Å². The van der Waals surface area contributed by atoms with Crippen LogP contribution in [0.3, 0.4) is 0 Å². The molecule has 0 unspecified atom stereocenters. The second kappa shape index (κ2) is 7.67. The third-order valence-electron chi connectivity index (χ3n) is 4.49. The van der Waals surface area contributed by atoms with Crippen LogP contribution in [0.1, 0.15) is 12.5 Å².